The first-order chi connectivity index (χ1) is 7.31. The molecule has 0 atom stereocenters. The van der Waals surface area contributed by atoms with E-state index in [0.29, 0.717) is 0 Å². The van der Waals surface area contributed by atoms with Gasteiger partial charge in [-0.2, -0.15) is 0 Å². The first-order valence-electron chi connectivity index (χ1n) is 6.58. The third kappa shape index (κ3) is 4.30. The molecule has 15 heavy (non-hydrogen) atoms. The SMILES string of the molecule is CCC(C=C(CBr)C1CCCCC1)CC. The Labute approximate surface area is 104 Å². The smallest absolute Gasteiger partial charge is 0.0244 e. The Hall–Kier alpha value is 0.220. The summed E-state index contributed by atoms with van der Waals surface area (Å²) in [6.45, 7) is 4.61. The average Bonchev–Trinajstić information content (AvgIpc) is 2.32. The highest BCUT2D eigenvalue weighted by Crippen LogP contribution is 2.31. The molecule has 0 N–H and O–H groups in total. The van der Waals surface area contributed by atoms with E-state index in [4.69, 9.17) is 0 Å². The van der Waals surface area contributed by atoms with Crippen molar-refractivity contribution in [3.8, 4) is 0 Å². The zero-order valence-corrected chi connectivity index (χ0v) is 11.9. The van der Waals surface area contributed by atoms with Gasteiger partial charge in [-0.3, -0.25) is 0 Å². The summed E-state index contributed by atoms with van der Waals surface area (Å²) in [4.78, 5) is 0. The van der Waals surface area contributed by atoms with Crippen molar-refractivity contribution in [1.82, 2.24) is 0 Å². The molecule has 0 aliphatic heterocycles. The molecule has 0 spiro atoms. The van der Waals surface area contributed by atoms with Crippen LogP contribution >= 0.6 is 15.9 Å². The quantitative estimate of drug-likeness (QED) is 0.469. The first-order valence-corrected chi connectivity index (χ1v) is 7.70. The maximum atomic E-state index is 3.67. The lowest BCUT2D eigenvalue weighted by molar-refractivity contribution is 0.400. The normalized spacial score (nSPS) is 19.9. The minimum absolute atomic E-state index is 0.805. The topological polar surface area (TPSA) is 0 Å². The molecular weight excluding hydrogens is 248 g/mol. The molecule has 0 radical (unpaired) electrons. The fraction of sp³-hybridized carbons (Fsp3) is 0.857. The van der Waals surface area contributed by atoms with Gasteiger partial charge in [0.05, 0.1) is 0 Å². The van der Waals surface area contributed by atoms with Gasteiger partial charge >= 0.3 is 0 Å². The van der Waals surface area contributed by atoms with Crippen molar-refractivity contribution in [2.75, 3.05) is 5.33 Å². The van der Waals surface area contributed by atoms with E-state index in [1.807, 2.05) is 0 Å². The molecule has 1 aliphatic rings. The molecule has 0 bridgehead atoms. The Bertz CT molecular complexity index is 186. The Morgan fingerprint density at radius 2 is 1.80 bits per heavy atom. The van der Waals surface area contributed by atoms with E-state index in [9.17, 15) is 0 Å². The van der Waals surface area contributed by atoms with Crippen LogP contribution in [0.1, 0.15) is 58.8 Å². The molecular formula is C14H25Br. The molecule has 1 rings (SSSR count). The van der Waals surface area contributed by atoms with Gasteiger partial charge in [-0.15, -0.1) is 0 Å². The van der Waals surface area contributed by atoms with Gasteiger partial charge in [0.15, 0.2) is 0 Å². The van der Waals surface area contributed by atoms with Crippen molar-refractivity contribution >= 4 is 15.9 Å². The molecule has 0 saturated heterocycles. The third-order valence-electron chi connectivity index (χ3n) is 3.78. The summed E-state index contributed by atoms with van der Waals surface area (Å²) in [5.41, 5.74) is 1.68. The number of hydrogen-bond acceptors (Lipinski definition) is 0. The highest BCUT2D eigenvalue weighted by molar-refractivity contribution is 9.09. The lowest BCUT2D eigenvalue weighted by atomic mass is 9.83. The fourth-order valence-corrected chi connectivity index (χ4v) is 3.23. The second-order valence-corrected chi connectivity index (χ2v) is 5.35. The summed E-state index contributed by atoms with van der Waals surface area (Å²) < 4.78 is 0. The molecule has 1 fully saturated rings. The van der Waals surface area contributed by atoms with Crippen LogP contribution in [-0.4, -0.2) is 5.33 Å². The second-order valence-electron chi connectivity index (χ2n) is 4.79. The molecule has 1 saturated carbocycles. The van der Waals surface area contributed by atoms with Crippen LogP contribution in [0.2, 0.25) is 0 Å². The van der Waals surface area contributed by atoms with Crippen LogP contribution in [-0.2, 0) is 0 Å². The standard InChI is InChI=1S/C14H25Br/c1-3-12(4-2)10-14(11-15)13-8-6-5-7-9-13/h10,12-13H,3-9,11H2,1-2H3. The van der Waals surface area contributed by atoms with Crippen molar-refractivity contribution in [1.29, 1.82) is 0 Å². The fourth-order valence-electron chi connectivity index (χ4n) is 2.59. The Morgan fingerprint density at radius 1 is 1.20 bits per heavy atom. The highest BCUT2D eigenvalue weighted by atomic mass is 79.9. The van der Waals surface area contributed by atoms with E-state index in [1.54, 1.807) is 5.57 Å². The van der Waals surface area contributed by atoms with Gasteiger partial charge in [-0.25, -0.2) is 0 Å². The Kier molecular flexibility index (Phi) is 6.63. The molecule has 0 aromatic heterocycles. The minimum Gasteiger partial charge on any atom is -0.0880 e. The zero-order chi connectivity index (χ0) is 11.1. The summed E-state index contributed by atoms with van der Waals surface area (Å²) >= 11 is 3.67. The van der Waals surface area contributed by atoms with Crippen LogP contribution in [0.3, 0.4) is 0 Å². The monoisotopic (exact) mass is 272 g/mol. The Balaban J connectivity index is 2.58. The van der Waals surface area contributed by atoms with Crippen LogP contribution in [0.25, 0.3) is 0 Å². The Morgan fingerprint density at radius 3 is 2.27 bits per heavy atom. The van der Waals surface area contributed by atoms with Crippen LogP contribution in [0, 0.1) is 11.8 Å². The van der Waals surface area contributed by atoms with Crippen molar-refractivity contribution < 1.29 is 0 Å². The largest absolute Gasteiger partial charge is 0.0880 e. The third-order valence-corrected chi connectivity index (χ3v) is 4.43. The molecule has 0 nitrogen and oxygen atoms in total. The molecule has 0 aromatic rings. The summed E-state index contributed by atoms with van der Waals surface area (Å²) in [7, 11) is 0. The van der Waals surface area contributed by atoms with Crippen LogP contribution in [0.4, 0.5) is 0 Å². The maximum absolute atomic E-state index is 3.67. The van der Waals surface area contributed by atoms with Crippen LogP contribution < -0.4 is 0 Å². The number of alkyl halides is 1. The van der Waals surface area contributed by atoms with Gasteiger partial charge in [0, 0.05) is 5.33 Å². The van der Waals surface area contributed by atoms with Crippen LogP contribution in [0.5, 0.6) is 0 Å². The van der Waals surface area contributed by atoms with Gasteiger partial charge in [0.1, 0.15) is 0 Å². The average molecular weight is 273 g/mol. The van der Waals surface area contributed by atoms with Crippen LogP contribution in [0.15, 0.2) is 11.6 Å². The van der Waals surface area contributed by atoms with Crippen molar-refractivity contribution in [3.63, 3.8) is 0 Å². The minimum atomic E-state index is 0.805. The van der Waals surface area contributed by atoms with E-state index >= 15 is 0 Å². The molecule has 1 aliphatic carbocycles. The lowest BCUT2D eigenvalue weighted by Gasteiger charge is -2.24. The number of rotatable bonds is 5. The molecule has 0 amide bonds. The van der Waals surface area contributed by atoms with E-state index in [1.165, 1.54) is 44.9 Å². The molecule has 0 unspecified atom stereocenters. The molecule has 1 heteroatoms. The van der Waals surface area contributed by atoms with Crippen molar-refractivity contribution in [2.24, 2.45) is 11.8 Å². The molecule has 0 heterocycles. The lowest BCUT2D eigenvalue weighted by Crippen LogP contribution is -2.11. The summed E-state index contributed by atoms with van der Waals surface area (Å²) in [6, 6.07) is 0. The van der Waals surface area contributed by atoms with Gasteiger partial charge in [0.2, 0.25) is 0 Å². The summed E-state index contributed by atoms with van der Waals surface area (Å²) in [5.74, 6) is 1.69. The van der Waals surface area contributed by atoms with E-state index in [0.717, 1.165) is 17.2 Å². The number of allylic oxidation sites excluding steroid dienone is 2. The van der Waals surface area contributed by atoms with E-state index in [2.05, 4.69) is 35.9 Å². The molecule has 88 valence electrons. The first kappa shape index (κ1) is 13.3. The summed E-state index contributed by atoms with van der Waals surface area (Å²) in [6.07, 6.45) is 12.3. The van der Waals surface area contributed by atoms with Crippen molar-refractivity contribution in [3.05, 3.63) is 11.6 Å². The number of hydrogen-bond donors (Lipinski definition) is 0. The van der Waals surface area contributed by atoms with Gasteiger partial charge < -0.3 is 0 Å². The van der Waals surface area contributed by atoms with E-state index < -0.39 is 0 Å². The van der Waals surface area contributed by atoms with E-state index in [-0.39, 0.29) is 0 Å². The number of halogens is 1. The second kappa shape index (κ2) is 7.49. The van der Waals surface area contributed by atoms with Gasteiger partial charge in [0.25, 0.3) is 0 Å². The summed E-state index contributed by atoms with van der Waals surface area (Å²) in [5, 5.41) is 1.09. The maximum Gasteiger partial charge on any atom is 0.0244 e. The molecule has 0 aromatic carbocycles. The predicted octanol–water partition coefficient (Wildman–Crippen LogP) is 5.32. The zero-order valence-electron chi connectivity index (χ0n) is 10.3. The van der Waals surface area contributed by atoms with Crippen molar-refractivity contribution in [2.45, 2.75) is 58.8 Å². The highest BCUT2D eigenvalue weighted by Gasteiger charge is 2.17. The van der Waals surface area contributed by atoms with Gasteiger partial charge in [-0.05, 0) is 37.5 Å². The predicted molar refractivity (Wildman–Crippen MR) is 72.5 cm³/mol. The van der Waals surface area contributed by atoms with Gasteiger partial charge in [-0.1, -0.05) is 60.7 Å².